The maximum atomic E-state index is 5.91. The van der Waals surface area contributed by atoms with Gasteiger partial charge >= 0.3 is 0 Å². The topological polar surface area (TPSA) is 36.4 Å². The number of aliphatic imine (C=N–C) groups is 1. The molecule has 5 heteroatoms. The zero-order valence-corrected chi connectivity index (χ0v) is 13.0. The Hall–Kier alpha value is -1.52. The van der Waals surface area contributed by atoms with E-state index in [9.17, 15) is 0 Å². The fourth-order valence-electron chi connectivity index (χ4n) is 1.79. The Morgan fingerprint density at radius 1 is 1.15 bits per heavy atom. The van der Waals surface area contributed by atoms with E-state index in [1.165, 1.54) is 10.4 Å². The van der Waals surface area contributed by atoms with E-state index in [4.69, 9.17) is 11.6 Å². The maximum Gasteiger partial charge on any atom is 0.191 e. The summed E-state index contributed by atoms with van der Waals surface area (Å²) in [6.07, 6.45) is 0.948. The number of guanidine groups is 1. The van der Waals surface area contributed by atoms with Crippen LogP contribution in [-0.4, -0.2) is 19.6 Å². The SMILES string of the molecule is CN=C(NCCc1ccc(Cl)s1)NCc1ccccc1. The molecule has 0 atom stereocenters. The summed E-state index contributed by atoms with van der Waals surface area (Å²) in [5.41, 5.74) is 1.24. The molecule has 0 saturated carbocycles. The maximum absolute atomic E-state index is 5.91. The first-order valence-corrected chi connectivity index (χ1v) is 7.70. The van der Waals surface area contributed by atoms with Crippen molar-refractivity contribution in [2.24, 2.45) is 4.99 Å². The zero-order valence-electron chi connectivity index (χ0n) is 11.4. The highest BCUT2D eigenvalue weighted by molar-refractivity contribution is 7.16. The summed E-state index contributed by atoms with van der Waals surface area (Å²) in [6, 6.07) is 14.3. The van der Waals surface area contributed by atoms with Crippen molar-refractivity contribution in [2.75, 3.05) is 13.6 Å². The highest BCUT2D eigenvalue weighted by Crippen LogP contribution is 2.21. The number of nitrogens with one attached hydrogen (secondary N) is 2. The fourth-order valence-corrected chi connectivity index (χ4v) is 2.88. The van der Waals surface area contributed by atoms with Gasteiger partial charge in [-0.25, -0.2) is 0 Å². The van der Waals surface area contributed by atoms with E-state index in [1.807, 2.05) is 24.3 Å². The Morgan fingerprint density at radius 2 is 1.95 bits per heavy atom. The van der Waals surface area contributed by atoms with Crippen molar-refractivity contribution in [3.05, 3.63) is 57.2 Å². The van der Waals surface area contributed by atoms with Gasteiger partial charge in [-0.1, -0.05) is 41.9 Å². The van der Waals surface area contributed by atoms with Gasteiger partial charge in [0.25, 0.3) is 0 Å². The van der Waals surface area contributed by atoms with Crippen LogP contribution in [0.1, 0.15) is 10.4 Å². The van der Waals surface area contributed by atoms with E-state index >= 15 is 0 Å². The van der Waals surface area contributed by atoms with Crippen LogP contribution in [0.15, 0.2) is 47.5 Å². The molecule has 0 fully saturated rings. The van der Waals surface area contributed by atoms with Gasteiger partial charge < -0.3 is 10.6 Å². The number of halogens is 1. The lowest BCUT2D eigenvalue weighted by atomic mass is 10.2. The number of benzene rings is 1. The van der Waals surface area contributed by atoms with Gasteiger partial charge in [-0.3, -0.25) is 4.99 Å². The van der Waals surface area contributed by atoms with Gasteiger partial charge in [-0.05, 0) is 24.1 Å². The fraction of sp³-hybridized carbons (Fsp3) is 0.267. The summed E-state index contributed by atoms with van der Waals surface area (Å²) >= 11 is 7.53. The van der Waals surface area contributed by atoms with Crippen LogP contribution in [0, 0.1) is 0 Å². The molecule has 2 N–H and O–H groups in total. The third-order valence-corrected chi connectivity index (χ3v) is 4.11. The van der Waals surface area contributed by atoms with Crippen LogP contribution < -0.4 is 10.6 Å². The van der Waals surface area contributed by atoms with Gasteiger partial charge in [-0.15, -0.1) is 11.3 Å². The van der Waals surface area contributed by atoms with Gasteiger partial charge in [0.05, 0.1) is 4.34 Å². The minimum Gasteiger partial charge on any atom is -0.356 e. The quantitative estimate of drug-likeness (QED) is 0.657. The predicted octanol–water partition coefficient (Wildman–Crippen LogP) is 3.31. The van der Waals surface area contributed by atoms with Crippen molar-refractivity contribution in [2.45, 2.75) is 13.0 Å². The Labute approximate surface area is 128 Å². The monoisotopic (exact) mass is 307 g/mol. The largest absolute Gasteiger partial charge is 0.356 e. The molecule has 0 unspecified atom stereocenters. The van der Waals surface area contributed by atoms with Gasteiger partial charge in [0.15, 0.2) is 5.96 Å². The number of thiophene rings is 1. The second-order valence-corrected chi connectivity index (χ2v) is 6.09. The minimum absolute atomic E-state index is 0.769. The lowest BCUT2D eigenvalue weighted by molar-refractivity contribution is 0.799. The van der Waals surface area contributed by atoms with Crippen LogP contribution in [0.4, 0.5) is 0 Å². The Kier molecular flexibility index (Phi) is 5.89. The van der Waals surface area contributed by atoms with Crippen molar-refractivity contribution in [1.29, 1.82) is 0 Å². The van der Waals surface area contributed by atoms with Crippen LogP contribution in [-0.2, 0) is 13.0 Å². The molecule has 20 heavy (non-hydrogen) atoms. The Bertz CT molecular complexity index is 551. The summed E-state index contributed by atoms with van der Waals surface area (Å²) < 4.78 is 0.839. The summed E-state index contributed by atoms with van der Waals surface area (Å²) in [7, 11) is 1.78. The molecule has 1 aromatic heterocycles. The van der Waals surface area contributed by atoms with E-state index in [-0.39, 0.29) is 0 Å². The molecule has 2 rings (SSSR count). The van der Waals surface area contributed by atoms with Crippen molar-refractivity contribution in [3.8, 4) is 0 Å². The molecule has 0 aliphatic rings. The van der Waals surface area contributed by atoms with Crippen LogP contribution in [0.25, 0.3) is 0 Å². The highest BCUT2D eigenvalue weighted by atomic mass is 35.5. The third-order valence-electron chi connectivity index (χ3n) is 2.82. The Morgan fingerprint density at radius 3 is 2.60 bits per heavy atom. The van der Waals surface area contributed by atoms with Crippen LogP contribution in [0.3, 0.4) is 0 Å². The van der Waals surface area contributed by atoms with Crippen molar-refractivity contribution >= 4 is 28.9 Å². The molecule has 0 aliphatic carbocycles. The predicted molar refractivity (Wildman–Crippen MR) is 87.7 cm³/mol. The van der Waals surface area contributed by atoms with Crippen LogP contribution in [0.5, 0.6) is 0 Å². The average molecular weight is 308 g/mol. The van der Waals surface area contributed by atoms with Gasteiger partial charge in [0.1, 0.15) is 0 Å². The highest BCUT2D eigenvalue weighted by Gasteiger charge is 2.00. The molecule has 1 aromatic carbocycles. The minimum atomic E-state index is 0.769. The van der Waals surface area contributed by atoms with Crippen LogP contribution >= 0.6 is 22.9 Å². The molecule has 0 aliphatic heterocycles. The molecule has 3 nitrogen and oxygen atoms in total. The van der Waals surface area contributed by atoms with Crippen LogP contribution in [0.2, 0.25) is 4.34 Å². The normalized spacial score (nSPS) is 11.4. The molecular weight excluding hydrogens is 290 g/mol. The van der Waals surface area contributed by atoms with Crippen molar-refractivity contribution < 1.29 is 0 Å². The molecule has 0 radical (unpaired) electrons. The van der Waals surface area contributed by atoms with Gasteiger partial charge in [0.2, 0.25) is 0 Å². The first-order valence-electron chi connectivity index (χ1n) is 6.50. The summed E-state index contributed by atoms with van der Waals surface area (Å²) in [4.78, 5) is 5.49. The standard InChI is InChI=1S/C15H18ClN3S/c1-17-15(19-11-12-5-3-2-4-6-12)18-10-9-13-7-8-14(16)20-13/h2-8H,9-11H2,1H3,(H2,17,18,19). The molecule has 106 valence electrons. The zero-order chi connectivity index (χ0) is 14.2. The summed E-state index contributed by atoms with van der Waals surface area (Å²) in [6.45, 7) is 1.61. The van der Waals surface area contributed by atoms with E-state index in [0.29, 0.717) is 0 Å². The molecule has 0 spiro atoms. The smallest absolute Gasteiger partial charge is 0.191 e. The lowest BCUT2D eigenvalue weighted by Gasteiger charge is -2.11. The second-order valence-electron chi connectivity index (χ2n) is 4.29. The van der Waals surface area contributed by atoms with E-state index in [1.54, 1.807) is 18.4 Å². The summed E-state index contributed by atoms with van der Waals surface area (Å²) in [5, 5.41) is 6.59. The van der Waals surface area contributed by atoms with E-state index in [2.05, 4.69) is 33.8 Å². The van der Waals surface area contributed by atoms with Gasteiger partial charge in [0, 0.05) is 25.0 Å². The molecule has 0 amide bonds. The number of hydrogen-bond acceptors (Lipinski definition) is 2. The molecule has 1 heterocycles. The van der Waals surface area contributed by atoms with Crippen molar-refractivity contribution in [3.63, 3.8) is 0 Å². The Balaban J connectivity index is 1.73. The van der Waals surface area contributed by atoms with E-state index < -0.39 is 0 Å². The first-order chi connectivity index (χ1) is 9.78. The number of nitrogens with zero attached hydrogens (tertiary/aromatic N) is 1. The number of hydrogen-bond donors (Lipinski definition) is 2. The second kappa shape index (κ2) is 7.92. The molecule has 0 saturated heterocycles. The lowest BCUT2D eigenvalue weighted by Crippen LogP contribution is -2.37. The van der Waals surface area contributed by atoms with Gasteiger partial charge in [-0.2, -0.15) is 0 Å². The molecule has 2 aromatic rings. The first kappa shape index (κ1) is 14.9. The van der Waals surface area contributed by atoms with E-state index in [0.717, 1.165) is 29.8 Å². The average Bonchev–Trinajstić information content (AvgIpc) is 2.89. The number of rotatable bonds is 5. The van der Waals surface area contributed by atoms with Crippen molar-refractivity contribution in [1.82, 2.24) is 10.6 Å². The molecule has 0 bridgehead atoms. The third kappa shape index (κ3) is 4.87. The summed E-state index contributed by atoms with van der Waals surface area (Å²) in [5.74, 6) is 0.816. The molecular formula is C15H18ClN3S.